The molecule has 1 aliphatic heterocycles. The number of carbonyl (C=O) groups excluding carboxylic acids is 1. The fourth-order valence-corrected chi connectivity index (χ4v) is 6.10. The monoisotopic (exact) mass is 580 g/mol. The molecule has 1 amide bonds. The number of aromatic nitrogens is 1. The van der Waals surface area contributed by atoms with Gasteiger partial charge in [0.05, 0.1) is 24.3 Å². The van der Waals surface area contributed by atoms with E-state index in [2.05, 4.69) is 11.4 Å². The fourth-order valence-electron chi connectivity index (χ4n) is 4.88. The molecule has 2 fully saturated rings. The van der Waals surface area contributed by atoms with Crippen molar-refractivity contribution in [2.75, 3.05) is 13.7 Å². The number of hydrogen-bond donors (Lipinski definition) is 1. The lowest BCUT2D eigenvalue weighted by atomic mass is 9.96. The number of methoxy groups -OCH3 is 1. The maximum atomic E-state index is 12.5. The predicted octanol–water partition coefficient (Wildman–Crippen LogP) is 5.98. The second-order valence-corrected chi connectivity index (χ2v) is 12.4. The number of aryl methyl sites for hydroxylation is 2. The predicted molar refractivity (Wildman–Crippen MR) is 155 cm³/mol. The van der Waals surface area contributed by atoms with Gasteiger partial charge in [0.25, 0.3) is 10.1 Å². The standard InChI is InChI=1S/C31H33ClN2O5S/c1-20-5-12-25(13-6-20)40(36,37)39-17-3-4-22-9-10-23(18-28(22)32)27(19-24-11-16-30(35)33-24)29-15-14-26(21-7-8-21)31(34-29)38-2/h5-6,9-10,12-15,18-19,21,24H,3-4,7-8,11,16-17H2,1-2H3,(H,33,35)/b27-19+/t24-/m1/s1. The molecule has 1 saturated heterocycles. The minimum atomic E-state index is -3.80. The molecule has 0 bridgehead atoms. The van der Waals surface area contributed by atoms with Crippen LogP contribution >= 0.6 is 11.6 Å². The Hall–Kier alpha value is -3.20. The van der Waals surface area contributed by atoms with E-state index in [4.69, 9.17) is 25.5 Å². The largest absolute Gasteiger partial charge is 0.481 e. The first-order valence-corrected chi connectivity index (χ1v) is 15.3. The van der Waals surface area contributed by atoms with Crippen LogP contribution in [0.5, 0.6) is 5.88 Å². The number of nitrogens with one attached hydrogen (secondary N) is 1. The van der Waals surface area contributed by atoms with E-state index in [0.29, 0.717) is 36.1 Å². The van der Waals surface area contributed by atoms with Crippen molar-refractivity contribution in [2.45, 2.75) is 62.3 Å². The van der Waals surface area contributed by atoms with Crippen LogP contribution in [-0.4, -0.2) is 39.1 Å². The Bertz CT molecular complexity index is 1530. The molecule has 1 aliphatic carbocycles. The van der Waals surface area contributed by atoms with Gasteiger partial charge >= 0.3 is 0 Å². The molecule has 7 nitrogen and oxygen atoms in total. The number of nitrogens with zero attached hydrogens (tertiary/aromatic N) is 1. The number of ether oxygens (including phenoxy) is 1. The molecule has 5 rings (SSSR count). The van der Waals surface area contributed by atoms with Crippen LogP contribution in [0.4, 0.5) is 0 Å². The van der Waals surface area contributed by atoms with Crippen molar-refractivity contribution in [3.05, 3.63) is 93.6 Å². The number of carbonyl (C=O) groups is 1. The maximum Gasteiger partial charge on any atom is 0.296 e. The minimum absolute atomic E-state index is 0.0372. The van der Waals surface area contributed by atoms with Crippen molar-refractivity contribution in [3.8, 4) is 5.88 Å². The van der Waals surface area contributed by atoms with Gasteiger partial charge in [0.1, 0.15) is 0 Å². The molecular formula is C31H33ClN2O5S. The Labute approximate surface area is 240 Å². The van der Waals surface area contributed by atoms with Gasteiger partial charge in [0.15, 0.2) is 0 Å². The van der Waals surface area contributed by atoms with E-state index in [1.165, 1.54) is 0 Å². The first-order chi connectivity index (χ1) is 19.2. The summed E-state index contributed by atoms with van der Waals surface area (Å²) in [5.74, 6) is 1.17. The number of amides is 1. The smallest absolute Gasteiger partial charge is 0.296 e. The van der Waals surface area contributed by atoms with Crippen LogP contribution < -0.4 is 10.1 Å². The number of pyridine rings is 1. The third-order valence-corrected chi connectivity index (χ3v) is 8.95. The van der Waals surface area contributed by atoms with Gasteiger partial charge in [-0.05, 0) is 80.3 Å². The highest BCUT2D eigenvalue weighted by molar-refractivity contribution is 7.86. The summed E-state index contributed by atoms with van der Waals surface area (Å²) in [4.78, 5) is 16.9. The molecule has 1 N–H and O–H groups in total. The van der Waals surface area contributed by atoms with Gasteiger partial charge in [-0.1, -0.05) is 53.6 Å². The molecule has 3 aromatic rings. The summed E-state index contributed by atoms with van der Waals surface area (Å²) in [5.41, 5.74) is 5.49. The quantitative estimate of drug-likeness (QED) is 0.221. The molecule has 210 valence electrons. The lowest BCUT2D eigenvalue weighted by molar-refractivity contribution is -0.119. The summed E-state index contributed by atoms with van der Waals surface area (Å²) in [6, 6.07) is 16.4. The summed E-state index contributed by atoms with van der Waals surface area (Å²) in [7, 11) is -2.16. The summed E-state index contributed by atoms with van der Waals surface area (Å²) in [5, 5.41) is 3.58. The third kappa shape index (κ3) is 6.74. The average molecular weight is 581 g/mol. The fraction of sp³-hybridized carbons (Fsp3) is 0.355. The Morgan fingerprint density at radius 2 is 1.88 bits per heavy atom. The van der Waals surface area contributed by atoms with E-state index < -0.39 is 10.1 Å². The zero-order chi connectivity index (χ0) is 28.3. The lowest BCUT2D eigenvalue weighted by Crippen LogP contribution is -2.23. The zero-order valence-corrected chi connectivity index (χ0v) is 24.2. The SMILES string of the molecule is COc1nc(/C(=C/[C@H]2CCC(=O)N2)c2ccc(CCCOS(=O)(=O)c3ccc(C)cc3)c(Cl)c2)ccc1C1CC1. The van der Waals surface area contributed by atoms with Crippen LogP contribution in [0.15, 0.2) is 65.6 Å². The van der Waals surface area contributed by atoms with Crippen LogP contribution in [0.2, 0.25) is 5.02 Å². The van der Waals surface area contributed by atoms with E-state index >= 15 is 0 Å². The van der Waals surface area contributed by atoms with Crippen LogP contribution in [0.25, 0.3) is 5.57 Å². The van der Waals surface area contributed by atoms with E-state index in [1.807, 2.05) is 37.3 Å². The Morgan fingerprint density at radius 1 is 1.10 bits per heavy atom. The first-order valence-electron chi connectivity index (χ1n) is 13.5. The van der Waals surface area contributed by atoms with Crippen LogP contribution in [0.3, 0.4) is 0 Å². The van der Waals surface area contributed by atoms with E-state index in [9.17, 15) is 13.2 Å². The Balaban J connectivity index is 1.32. The van der Waals surface area contributed by atoms with Crippen molar-refractivity contribution < 1.29 is 22.1 Å². The molecule has 9 heteroatoms. The second-order valence-electron chi connectivity index (χ2n) is 10.4. The molecule has 0 unspecified atom stereocenters. The van der Waals surface area contributed by atoms with E-state index in [0.717, 1.165) is 52.8 Å². The van der Waals surface area contributed by atoms with Crippen molar-refractivity contribution in [1.29, 1.82) is 0 Å². The molecule has 2 aromatic carbocycles. The molecule has 2 heterocycles. The zero-order valence-electron chi connectivity index (χ0n) is 22.7. The molecule has 1 atom stereocenters. The minimum Gasteiger partial charge on any atom is -0.481 e. The molecular weight excluding hydrogens is 548 g/mol. The van der Waals surface area contributed by atoms with Crippen molar-refractivity contribution in [1.82, 2.24) is 10.3 Å². The first kappa shape index (κ1) is 28.3. The number of halogens is 1. The van der Waals surface area contributed by atoms with Gasteiger partial charge < -0.3 is 10.1 Å². The maximum absolute atomic E-state index is 12.5. The molecule has 1 aromatic heterocycles. The summed E-state index contributed by atoms with van der Waals surface area (Å²) >= 11 is 6.71. The molecule has 1 saturated carbocycles. The highest BCUT2D eigenvalue weighted by Crippen LogP contribution is 2.44. The second kappa shape index (κ2) is 12.1. The summed E-state index contributed by atoms with van der Waals surface area (Å²) in [6.45, 7) is 1.95. The van der Waals surface area contributed by atoms with Gasteiger partial charge in [-0.25, -0.2) is 4.98 Å². The van der Waals surface area contributed by atoms with Crippen LogP contribution in [0, 0.1) is 6.92 Å². The van der Waals surface area contributed by atoms with Gasteiger partial charge in [-0.3, -0.25) is 8.98 Å². The van der Waals surface area contributed by atoms with E-state index in [-0.39, 0.29) is 23.5 Å². The van der Waals surface area contributed by atoms with Crippen molar-refractivity contribution in [3.63, 3.8) is 0 Å². The Kier molecular flexibility index (Phi) is 8.59. The van der Waals surface area contributed by atoms with Crippen molar-refractivity contribution >= 4 is 33.2 Å². The lowest BCUT2D eigenvalue weighted by Gasteiger charge is -2.15. The van der Waals surface area contributed by atoms with E-state index in [1.54, 1.807) is 31.4 Å². The normalized spacial score (nSPS) is 17.6. The summed E-state index contributed by atoms with van der Waals surface area (Å²) < 4.78 is 35.8. The summed E-state index contributed by atoms with van der Waals surface area (Å²) in [6.07, 6.45) is 6.59. The third-order valence-electron chi connectivity index (χ3n) is 7.28. The topological polar surface area (TPSA) is 94.6 Å². The molecule has 0 spiro atoms. The number of rotatable bonds is 11. The van der Waals surface area contributed by atoms with Gasteiger partial charge in [-0.15, -0.1) is 0 Å². The molecule has 2 aliphatic rings. The van der Waals surface area contributed by atoms with Crippen molar-refractivity contribution in [2.24, 2.45) is 0 Å². The molecule has 40 heavy (non-hydrogen) atoms. The average Bonchev–Trinajstić information content (AvgIpc) is 3.71. The number of hydrogen-bond acceptors (Lipinski definition) is 6. The van der Waals surface area contributed by atoms with Gasteiger partial charge in [-0.2, -0.15) is 8.42 Å². The molecule has 0 radical (unpaired) electrons. The Morgan fingerprint density at radius 3 is 2.52 bits per heavy atom. The highest BCUT2D eigenvalue weighted by atomic mass is 35.5. The van der Waals surface area contributed by atoms with Gasteiger partial charge in [0, 0.05) is 28.6 Å². The van der Waals surface area contributed by atoms with Crippen LogP contribution in [-0.2, 0) is 25.5 Å². The van der Waals surface area contributed by atoms with Crippen LogP contribution in [0.1, 0.15) is 66.0 Å². The highest BCUT2D eigenvalue weighted by Gasteiger charge is 2.28. The van der Waals surface area contributed by atoms with Gasteiger partial charge in [0.2, 0.25) is 11.8 Å². The number of benzene rings is 2.